The van der Waals surface area contributed by atoms with Gasteiger partial charge in [-0.05, 0) is 43.3 Å². The molecule has 0 radical (unpaired) electrons. The predicted octanol–water partition coefficient (Wildman–Crippen LogP) is 5.26. The van der Waals surface area contributed by atoms with Crippen LogP contribution in [0, 0.1) is 11.3 Å². The van der Waals surface area contributed by atoms with Crippen LogP contribution in [0.1, 0.15) is 6.92 Å². The largest absolute Gasteiger partial charge is 0.496 e. The summed E-state index contributed by atoms with van der Waals surface area (Å²) in [6.45, 7) is 1.80. The van der Waals surface area contributed by atoms with Crippen LogP contribution in [-0.2, 0) is 0 Å². The molecule has 0 aliphatic rings. The Morgan fingerprint density at radius 1 is 1.07 bits per heavy atom. The standard InChI is InChI=1S/C19H16Cl2N4O2S/c1-11(10-22)28-19-24-23-18(14-8-12(20)4-6-16(14)26-2)25(19)13-5-7-17(27-3)15(21)9-13/h4-9,11H,1-3H3. The lowest BCUT2D eigenvalue weighted by molar-refractivity contribution is 0.415. The van der Waals surface area contributed by atoms with Crippen LogP contribution in [0.2, 0.25) is 10.0 Å². The highest BCUT2D eigenvalue weighted by atomic mass is 35.5. The zero-order valence-corrected chi connectivity index (χ0v) is 17.6. The number of nitrogens with zero attached hydrogens (tertiary/aromatic N) is 4. The number of benzene rings is 2. The number of aromatic nitrogens is 3. The third kappa shape index (κ3) is 4.04. The Bertz CT molecular complexity index is 1050. The van der Waals surface area contributed by atoms with Gasteiger partial charge in [0.1, 0.15) is 11.5 Å². The minimum absolute atomic E-state index is 0.314. The molecule has 0 aliphatic heterocycles. The summed E-state index contributed by atoms with van der Waals surface area (Å²) in [6.07, 6.45) is 0. The number of ether oxygens (including phenoxy) is 2. The Hall–Kier alpha value is -2.40. The monoisotopic (exact) mass is 434 g/mol. The smallest absolute Gasteiger partial charge is 0.197 e. The third-order valence-electron chi connectivity index (χ3n) is 3.89. The van der Waals surface area contributed by atoms with Crippen molar-refractivity contribution in [2.75, 3.05) is 14.2 Å². The highest BCUT2D eigenvalue weighted by molar-refractivity contribution is 8.00. The minimum atomic E-state index is -0.314. The molecule has 0 amide bonds. The van der Waals surface area contributed by atoms with Crippen molar-refractivity contribution in [1.29, 1.82) is 5.26 Å². The van der Waals surface area contributed by atoms with Crippen LogP contribution in [0.4, 0.5) is 0 Å². The average Bonchev–Trinajstić information content (AvgIpc) is 3.10. The van der Waals surface area contributed by atoms with Gasteiger partial charge in [0, 0.05) is 5.02 Å². The lowest BCUT2D eigenvalue weighted by Gasteiger charge is -2.14. The molecule has 6 nitrogen and oxygen atoms in total. The molecule has 1 heterocycles. The van der Waals surface area contributed by atoms with Gasteiger partial charge >= 0.3 is 0 Å². The molecule has 0 spiro atoms. The molecule has 0 saturated heterocycles. The summed E-state index contributed by atoms with van der Waals surface area (Å²) in [5.74, 6) is 1.68. The van der Waals surface area contributed by atoms with Crippen molar-refractivity contribution in [3.8, 4) is 34.6 Å². The molecule has 3 rings (SSSR count). The zero-order chi connectivity index (χ0) is 20.3. The summed E-state index contributed by atoms with van der Waals surface area (Å²) in [6, 6.07) is 12.8. The lowest BCUT2D eigenvalue weighted by Crippen LogP contribution is -2.03. The molecule has 1 aromatic heterocycles. The SMILES string of the molecule is COc1ccc(-n2c(SC(C)C#N)nnc2-c2cc(Cl)ccc2OC)cc1Cl. The van der Waals surface area contributed by atoms with Crippen LogP contribution in [0.5, 0.6) is 11.5 Å². The Balaban J connectivity index is 2.24. The van der Waals surface area contributed by atoms with Crippen LogP contribution in [0.3, 0.4) is 0 Å². The first-order chi connectivity index (χ1) is 13.5. The Morgan fingerprint density at radius 3 is 2.43 bits per heavy atom. The van der Waals surface area contributed by atoms with Gasteiger partial charge in [-0.1, -0.05) is 35.0 Å². The Labute approximate surface area is 177 Å². The maximum atomic E-state index is 9.21. The van der Waals surface area contributed by atoms with Gasteiger partial charge < -0.3 is 9.47 Å². The van der Waals surface area contributed by atoms with E-state index in [1.54, 1.807) is 51.5 Å². The first-order valence-electron chi connectivity index (χ1n) is 8.18. The topological polar surface area (TPSA) is 73.0 Å². The average molecular weight is 435 g/mol. The number of thioether (sulfide) groups is 1. The van der Waals surface area contributed by atoms with Crippen molar-refractivity contribution in [3.63, 3.8) is 0 Å². The highest BCUT2D eigenvalue weighted by Crippen LogP contribution is 2.37. The van der Waals surface area contributed by atoms with Crippen LogP contribution in [0.25, 0.3) is 17.1 Å². The quantitative estimate of drug-likeness (QED) is 0.492. The molecular formula is C19H16Cl2N4O2S. The Morgan fingerprint density at radius 2 is 1.79 bits per heavy atom. The van der Waals surface area contributed by atoms with E-state index in [0.717, 1.165) is 5.69 Å². The van der Waals surface area contributed by atoms with Crippen LogP contribution in [0.15, 0.2) is 41.6 Å². The van der Waals surface area contributed by atoms with Gasteiger partial charge in [0.15, 0.2) is 11.0 Å². The predicted molar refractivity (Wildman–Crippen MR) is 111 cm³/mol. The van der Waals surface area contributed by atoms with E-state index in [2.05, 4.69) is 16.3 Å². The summed E-state index contributed by atoms with van der Waals surface area (Å²) < 4.78 is 12.5. The normalized spacial score (nSPS) is 11.7. The first kappa shape index (κ1) is 20.3. The summed E-state index contributed by atoms with van der Waals surface area (Å²) >= 11 is 13.8. The van der Waals surface area contributed by atoms with Crippen molar-refractivity contribution in [1.82, 2.24) is 14.8 Å². The van der Waals surface area contributed by atoms with E-state index in [4.69, 9.17) is 32.7 Å². The highest BCUT2D eigenvalue weighted by Gasteiger charge is 2.21. The number of hydrogen-bond donors (Lipinski definition) is 0. The van der Waals surface area contributed by atoms with Gasteiger partial charge in [-0.25, -0.2) is 0 Å². The summed E-state index contributed by atoms with van der Waals surface area (Å²) in [4.78, 5) is 0. The fourth-order valence-electron chi connectivity index (χ4n) is 2.59. The van der Waals surface area contributed by atoms with E-state index in [1.807, 2.05) is 10.6 Å². The summed E-state index contributed by atoms with van der Waals surface area (Å²) in [5, 5.41) is 19.1. The van der Waals surface area contributed by atoms with Gasteiger partial charge in [0.25, 0.3) is 0 Å². The number of methoxy groups -OCH3 is 2. The van der Waals surface area contributed by atoms with E-state index in [-0.39, 0.29) is 5.25 Å². The maximum absolute atomic E-state index is 9.21. The van der Waals surface area contributed by atoms with Crippen molar-refractivity contribution in [2.45, 2.75) is 17.3 Å². The van der Waals surface area contributed by atoms with Crippen LogP contribution in [-0.4, -0.2) is 34.2 Å². The van der Waals surface area contributed by atoms with Gasteiger partial charge in [-0.3, -0.25) is 4.57 Å². The van der Waals surface area contributed by atoms with Crippen molar-refractivity contribution in [3.05, 3.63) is 46.4 Å². The molecule has 0 aliphatic carbocycles. The van der Waals surface area contributed by atoms with Crippen molar-refractivity contribution >= 4 is 35.0 Å². The van der Waals surface area contributed by atoms with Gasteiger partial charge in [0.05, 0.1) is 41.8 Å². The molecule has 0 fully saturated rings. The lowest BCUT2D eigenvalue weighted by atomic mass is 10.2. The molecule has 0 saturated carbocycles. The molecule has 1 atom stereocenters. The molecule has 2 aromatic carbocycles. The van der Waals surface area contributed by atoms with Crippen LogP contribution >= 0.6 is 35.0 Å². The Kier molecular flexibility index (Phi) is 6.35. The van der Waals surface area contributed by atoms with Gasteiger partial charge in [0.2, 0.25) is 0 Å². The van der Waals surface area contributed by atoms with E-state index in [1.165, 1.54) is 11.8 Å². The fourth-order valence-corrected chi connectivity index (χ4v) is 3.77. The van der Waals surface area contributed by atoms with Crippen molar-refractivity contribution < 1.29 is 9.47 Å². The second-order valence-corrected chi connectivity index (χ2v) is 7.85. The second kappa shape index (κ2) is 8.74. The molecule has 0 N–H and O–H groups in total. The number of nitriles is 1. The molecule has 144 valence electrons. The maximum Gasteiger partial charge on any atom is 0.197 e. The van der Waals surface area contributed by atoms with Gasteiger partial charge in [-0.2, -0.15) is 5.26 Å². The first-order valence-corrected chi connectivity index (χ1v) is 9.81. The number of rotatable bonds is 6. The molecule has 28 heavy (non-hydrogen) atoms. The van der Waals surface area contributed by atoms with Crippen LogP contribution < -0.4 is 9.47 Å². The molecule has 0 bridgehead atoms. The van der Waals surface area contributed by atoms with E-state index >= 15 is 0 Å². The van der Waals surface area contributed by atoms with E-state index < -0.39 is 0 Å². The van der Waals surface area contributed by atoms with Gasteiger partial charge in [-0.15, -0.1) is 10.2 Å². The summed E-state index contributed by atoms with van der Waals surface area (Å²) in [7, 11) is 3.13. The minimum Gasteiger partial charge on any atom is -0.496 e. The zero-order valence-electron chi connectivity index (χ0n) is 15.3. The van der Waals surface area contributed by atoms with Crippen molar-refractivity contribution in [2.24, 2.45) is 0 Å². The number of halogens is 2. The molecular weight excluding hydrogens is 419 g/mol. The second-order valence-electron chi connectivity index (χ2n) is 5.69. The fraction of sp³-hybridized carbons (Fsp3) is 0.211. The molecule has 9 heteroatoms. The third-order valence-corrected chi connectivity index (χ3v) is 5.36. The molecule has 1 unspecified atom stereocenters. The summed E-state index contributed by atoms with van der Waals surface area (Å²) in [5.41, 5.74) is 1.39. The molecule has 3 aromatic rings. The number of hydrogen-bond acceptors (Lipinski definition) is 6. The van der Waals surface area contributed by atoms with E-state index in [0.29, 0.717) is 38.1 Å². The van der Waals surface area contributed by atoms with E-state index in [9.17, 15) is 5.26 Å².